The van der Waals surface area contributed by atoms with Gasteiger partial charge in [-0.15, -0.1) is 0 Å². The highest BCUT2D eigenvalue weighted by Gasteiger charge is 2.16. The highest BCUT2D eigenvalue weighted by atomic mass is 35.5. The van der Waals surface area contributed by atoms with E-state index in [0.29, 0.717) is 9.49 Å². The number of aromatic nitrogens is 3. The van der Waals surface area contributed by atoms with Crippen LogP contribution in [-0.4, -0.2) is 18.9 Å². The van der Waals surface area contributed by atoms with Crippen molar-refractivity contribution in [2.45, 2.75) is 13.8 Å². The molecule has 0 bridgehead atoms. The van der Waals surface area contributed by atoms with E-state index in [1.807, 2.05) is 54.8 Å². The summed E-state index contributed by atoms with van der Waals surface area (Å²) in [5.74, 6) is 0. The van der Waals surface area contributed by atoms with Gasteiger partial charge in [-0.2, -0.15) is 0 Å². The van der Waals surface area contributed by atoms with Crippen molar-refractivity contribution in [3.05, 3.63) is 95.5 Å². The molecule has 7 nitrogen and oxygen atoms in total. The monoisotopic (exact) mass is 450 g/mol. The summed E-state index contributed by atoms with van der Waals surface area (Å²) in [5, 5.41) is 11.1. The van der Waals surface area contributed by atoms with Crippen molar-refractivity contribution < 1.29 is 4.92 Å². The molecule has 0 saturated heterocycles. The van der Waals surface area contributed by atoms with E-state index in [0.717, 1.165) is 33.7 Å². The van der Waals surface area contributed by atoms with Gasteiger partial charge in [0.05, 0.1) is 20.5 Å². The summed E-state index contributed by atoms with van der Waals surface area (Å²) in [6.45, 7) is 3.87. The fourth-order valence-electron chi connectivity index (χ4n) is 3.87. The van der Waals surface area contributed by atoms with Crippen LogP contribution in [-0.2, 0) is 0 Å². The van der Waals surface area contributed by atoms with Crippen LogP contribution in [0.3, 0.4) is 0 Å². The summed E-state index contributed by atoms with van der Waals surface area (Å²) in [5.41, 5.74) is 4.79. The Kier molecular flexibility index (Phi) is 4.42. The molecule has 5 rings (SSSR count). The van der Waals surface area contributed by atoms with E-state index in [-0.39, 0.29) is 16.3 Å². The Balaban J connectivity index is 1.66. The second-order valence-corrected chi connectivity index (χ2v) is 8.61. The van der Waals surface area contributed by atoms with E-state index >= 15 is 0 Å². The van der Waals surface area contributed by atoms with Gasteiger partial charge in [0.15, 0.2) is 4.96 Å². The van der Waals surface area contributed by atoms with Gasteiger partial charge < -0.3 is 4.57 Å². The average Bonchev–Trinajstić information content (AvgIpc) is 3.33. The zero-order valence-electron chi connectivity index (χ0n) is 16.5. The van der Waals surface area contributed by atoms with Crippen molar-refractivity contribution in [3.8, 4) is 5.69 Å². The lowest BCUT2D eigenvalue weighted by molar-refractivity contribution is -0.384. The summed E-state index contributed by atoms with van der Waals surface area (Å²) >= 11 is 7.45. The van der Waals surface area contributed by atoms with Crippen LogP contribution in [0, 0.1) is 24.0 Å². The fourth-order valence-corrected chi connectivity index (χ4v) is 5.09. The number of nitro groups is 1. The van der Waals surface area contributed by atoms with Crippen LogP contribution in [0.2, 0.25) is 5.02 Å². The van der Waals surface area contributed by atoms with Gasteiger partial charge in [-0.1, -0.05) is 35.1 Å². The number of hydrogen-bond acceptors (Lipinski definition) is 5. The van der Waals surface area contributed by atoms with Crippen molar-refractivity contribution in [2.24, 2.45) is 0 Å². The number of benzene rings is 2. The quantitative estimate of drug-likeness (QED) is 0.301. The van der Waals surface area contributed by atoms with Crippen molar-refractivity contribution >= 4 is 50.7 Å². The molecule has 0 unspecified atom stereocenters. The van der Waals surface area contributed by atoms with Gasteiger partial charge >= 0.3 is 0 Å². The number of thiazole rings is 1. The molecule has 154 valence electrons. The molecule has 0 fully saturated rings. The summed E-state index contributed by atoms with van der Waals surface area (Å²) < 4.78 is 4.19. The molecule has 5 aromatic rings. The van der Waals surface area contributed by atoms with Crippen LogP contribution in [0.1, 0.15) is 17.0 Å². The van der Waals surface area contributed by atoms with E-state index in [9.17, 15) is 14.9 Å². The van der Waals surface area contributed by atoms with Crippen LogP contribution in [0.25, 0.3) is 27.8 Å². The number of nitro benzene ring substituents is 1. The second-order valence-electron chi connectivity index (χ2n) is 7.19. The van der Waals surface area contributed by atoms with Crippen LogP contribution in [0.5, 0.6) is 0 Å². The number of halogens is 1. The van der Waals surface area contributed by atoms with Crippen LogP contribution >= 0.6 is 22.9 Å². The normalized spacial score (nSPS) is 12.3. The molecule has 0 aliphatic rings. The van der Waals surface area contributed by atoms with E-state index < -0.39 is 4.92 Å². The highest BCUT2D eigenvalue weighted by Crippen LogP contribution is 2.29. The molecule has 3 heterocycles. The van der Waals surface area contributed by atoms with Crippen LogP contribution < -0.4 is 10.1 Å². The van der Waals surface area contributed by atoms with E-state index in [2.05, 4.69) is 4.98 Å². The zero-order chi connectivity index (χ0) is 21.9. The largest absolute Gasteiger partial charge is 0.318 e. The van der Waals surface area contributed by atoms with Crippen LogP contribution in [0.4, 0.5) is 5.69 Å². The first-order valence-electron chi connectivity index (χ1n) is 9.40. The number of para-hydroxylation sites is 2. The Morgan fingerprint density at radius 3 is 2.68 bits per heavy atom. The molecule has 31 heavy (non-hydrogen) atoms. The maximum Gasteiger partial charge on any atom is 0.288 e. The average molecular weight is 451 g/mol. The predicted octanol–water partition coefficient (Wildman–Crippen LogP) is 4.43. The molecule has 0 N–H and O–H groups in total. The molecule has 3 aromatic heterocycles. The molecule has 0 saturated carbocycles. The number of aryl methyl sites for hydroxylation is 1. The maximum atomic E-state index is 13.0. The predicted molar refractivity (Wildman–Crippen MR) is 123 cm³/mol. The first kappa shape index (κ1) is 19.5. The Labute approximate surface area is 184 Å². The summed E-state index contributed by atoms with van der Waals surface area (Å²) in [6, 6.07) is 14.2. The fraction of sp³-hybridized carbons (Fsp3) is 0.0909. The number of rotatable bonds is 3. The van der Waals surface area contributed by atoms with E-state index in [1.165, 1.54) is 17.4 Å². The SMILES string of the molecule is Cc1cc(/C=c2\sc3nc4ccccc4n3c2=O)c(C)n1-c1ccc([N+](=O)[O-])c(Cl)c1. The van der Waals surface area contributed by atoms with Gasteiger partial charge in [0.25, 0.3) is 11.2 Å². The van der Waals surface area contributed by atoms with E-state index in [1.54, 1.807) is 16.5 Å². The lowest BCUT2D eigenvalue weighted by atomic mass is 10.2. The molecule has 0 spiro atoms. The highest BCUT2D eigenvalue weighted by molar-refractivity contribution is 7.15. The Bertz CT molecular complexity index is 1630. The summed E-state index contributed by atoms with van der Waals surface area (Å²) in [7, 11) is 0. The van der Waals surface area contributed by atoms with Crippen molar-refractivity contribution in [1.82, 2.24) is 14.0 Å². The van der Waals surface area contributed by atoms with Crippen LogP contribution in [0.15, 0.2) is 53.3 Å². The molecule has 9 heteroatoms. The van der Waals surface area contributed by atoms with Gasteiger partial charge in [-0.3, -0.25) is 14.9 Å². The maximum absolute atomic E-state index is 13.0. The van der Waals surface area contributed by atoms with Crippen molar-refractivity contribution in [1.29, 1.82) is 0 Å². The number of imidazole rings is 1. The lowest BCUT2D eigenvalue weighted by Crippen LogP contribution is -2.22. The van der Waals surface area contributed by atoms with E-state index in [4.69, 9.17) is 11.6 Å². The lowest BCUT2D eigenvalue weighted by Gasteiger charge is -2.10. The summed E-state index contributed by atoms with van der Waals surface area (Å²) in [4.78, 5) is 28.8. The Morgan fingerprint density at radius 1 is 1.16 bits per heavy atom. The minimum absolute atomic E-state index is 0.0775. The van der Waals surface area contributed by atoms with Gasteiger partial charge in [-0.25, -0.2) is 9.38 Å². The summed E-state index contributed by atoms with van der Waals surface area (Å²) in [6.07, 6.45) is 1.86. The van der Waals surface area contributed by atoms with Gasteiger partial charge in [0.1, 0.15) is 5.02 Å². The standard InChI is InChI=1S/C22H15ClN4O3S/c1-12-9-14(13(2)25(12)15-7-8-18(27(29)30)16(23)11-15)10-20-21(28)26-19-6-4-3-5-17(19)24-22(26)31-20/h3-11H,1-2H3/b20-10-. The number of nitrogens with zero attached hydrogens (tertiary/aromatic N) is 4. The minimum Gasteiger partial charge on any atom is -0.318 e. The minimum atomic E-state index is -0.507. The number of fused-ring (bicyclic) bond motifs is 3. The second kappa shape index (κ2) is 7.04. The Morgan fingerprint density at radius 2 is 1.94 bits per heavy atom. The smallest absolute Gasteiger partial charge is 0.288 e. The molecule has 0 radical (unpaired) electrons. The third kappa shape index (κ3) is 3.03. The molecule has 0 aliphatic carbocycles. The van der Waals surface area contributed by atoms with Crippen molar-refractivity contribution in [3.63, 3.8) is 0 Å². The van der Waals surface area contributed by atoms with Gasteiger partial charge in [-0.05, 0) is 55.8 Å². The molecule has 0 amide bonds. The van der Waals surface area contributed by atoms with Gasteiger partial charge in [0.2, 0.25) is 0 Å². The Hall–Kier alpha value is -3.49. The molecule has 0 atom stereocenters. The zero-order valence-corrected chi connectivity index (χ0v) is 18.1. The third-order valence-electron chi connectivity index (χ3n) is 5.29. The van der Waals surface area contributed by atoms with Crippen molar-refractivity contribution in [2.75, 3.05) is 0 Å². The molecule has 0 aliphatic heterocycles. The first-order chi connectivity index (χ1) is 14.8. The molecular weight excluding hydrogens is 436 g/mol. The molecule has 2 aromatic carbocycles. The first-order valence-corrected chi connectivity index (χ1v) is 10.6. The topological polar surface area (TPSA) is 82.4 Å². The van der Waals surface area contributed by atoms with Gasteiger partial charge in [0, 0.05) is 23.1 Å². The third-order valence-corrected chi connectivity index (χ3v) is 6.56. The molecular formula is C22H15ClN4O3S. The number of hydrogen-bond donors (Lipinski definition) is 0.